The third-order valence-corrected chi connectivity index (χ3v) is 10.2. The first kappa shape index (κ1) is 41.4. The molecular formula is C49H41ClO10. The van der Waals surface area contributed by atoms with Crippen LogP contribution in [0.25, 0.3) is 0 Å². The van der Waals surface area contributed by atoms with Gasteiger partial charge in [-0.15, -0.1) is 0 Å². The molecule has 1 aliphatic rings. The number of halogens is 1. The summed E-state index contributed by atoms with van der Waals surface area (Å²) in [6.07, 6.45) is -6.38. The smallest absolute Gasteiger partial charge is 0.338 e. The molecule has 60 heavy (non-hydrogen) atoms. The summed E-state index contributed by atoms with van der Waals surface area (Å²) in [5.74, 6) is -2.24. The Morgan fingerprint density at radius 1 is 0.550 bits per heavy atom. The highest BCUT2D eigenvalue weighted by Gasteiger charge is 2.53. The van der Waals surface area contributed by atoms with E-state index in [4.69, 9.17) is 40.0 Å². The van der Waals surface area contributed by atoms with Crippen LogP contribution in [0.5, 0.6) is 5.75 Å². The zero-order chi connectivity index (χ0) is 41.8. The van der Waals surface area contributed by atoms with Crippen LogP contribution < -0.4 is 4.74 Å². The fourth-order valence-electron chi connectivity index (χ4n) is 6.83. The molecule has 11 heteroatoms. The second kappa shape index (κ2) is 19.8. The van der Waals surface area contributed by atoms with E-state index >= 15 is 0 Å². The van der Waals surface area contributed by atoms with Crippen molar-refractivity contribution in [3.63, 3.8) is 0 Å². The molecule has 10 nitrogen and oxygen atoms in total. The predicted octanol–water partition coefficient (Wildman–Crippen LogP) is 9.30. The molecule has 0 amide bonds. The van der Waals surface area contributed by atoms with E-state index in [1.165, 1.54) is 0 Å². The number of rotatable bonds is 14. The number of esters is 4. The zero-order valence-corrected chi connectivity index (χ0v) is 33.3. The Kier molecular flexibility index (Phi) is 13.7. The second-order valence-corrected chi connectivity index (χ2v) is 14.3. The highest BCUT2D eigenvalue weighted by Crippen LogP contribution is 2.40. The summed E-state index contributed by atoms with van der Waals surface area (Å²) in [5.41, 5.74) is 3.05. The van der Waals surface area contributed by atoms with Gasteiger partial charge in [0.05, 0.1) is 28.9 Å². The number of ether oxygens (including phenoxy) is 6. The molecule has 1 aliphatic heterocycles. The summed E-state index contributed by atoms with van der Waals surface area (Å²) in [7, 11) is 0. The normalized spacial score (nSPS) is 18.4. The maximum Gasteiger partial charge on any atom is 0.338 e. The average Bonchev–Trinajstić information content (AvgIpc) is 3.29. The van der Waals surface area contributed by atoms with E-state index in [1.54, 1.807) is 133 Å². The third-order valence-electron chi connectivity index (χ3n) is 9.81. The highest BCUT2D eigenvalue weighted by molar-refractivity contribution is 6.31. The van der Waals surface area contributed by atoms with Crippen LogP contribution in [0.1, 0.15) is 71.2 Å². The van der Waals surface area contributed by atoms with Gasteiger partial charge in [0.25, 0.3) is 0 Å². The lowest BCUT2D eigenvalue weighted by Crippen LogP contribution is -2.59. The van der Waals surface area contributed by atoms with Crippen molar-refractivity contribution in [2.24, 2.45) is 0 Å². The molecule has 304 valence electrons. The first-order valence-electron chi connectivity index (χ1n) is 19.4. The molecule has 0 saturated carbocycles. The van der Waals surface area contributed by atoms with Gasteiger partial charge in [0.1, 0.15) is 24.6 Å². The minimum absolute atomic E-state index is 0.193. The molecule has 0 aromatic heterocycles. The number of hydrogen-bond donors (Lipinski definition) is 0. The van der Waals surface area contributed by atoms with Gasteiger partial charge in [0.2, 0.25) is 0 Å². The molecule has 0 unspecified atom stereocenters. The molecule has 0 N–H and O–H groups in total. The Balaban J connectivity index is 1.33. The maximum absolute atomic E-state index is 14.0. The van der Waals surface area contributed by atoms with Gasteiger partial charge < -0.3 is 28.4 Å². The van der Waals surface area contributed by atoms with Gasteiger partial charge in [-0.05, 0) is 96.8 Å². The van der Waals surface area contributed by atoms with Crippen molar-refractivity contribution >= 4 is 35.5 Å². The summed E-state index contributed by atoms with van der Waals surface area (Å²) in [6.45, 7) is 2.00. The molecule has 0 aliphatic carbocycles. The minimum atomic E-state index is -1.50. The Hall–Kier alpha value is -6.75. The summed E-state index contributed by atoms with van der Waals surface area (Å²) < 4.78 is 36.9. The SMILES string of the molecule is CCOc1ccc(Cc2cc([C@@H]3O[C@H](COC(=O)c4ccccc4)[C@@H](OC(=O)c4ccccc4)[C@H](OC(=O)c4ccccc4)[C@H]3OC(=O)c3ccccc3)ccc2Cl)cc1. The van der Waals surface area contributed by atoms with E-state index < -0.39 is 61.0 Å². The lowest BCUT2D eigenvalue weighted by Gasteiger charge is -2.45. The summed E-state index contributed by atoms with van der Waals surface area (Å²) in [4.78, 5) is 55.3. The van der Waals surface area contributed by atoms with E-state index in [1.807, 2.05) is 37.3 Å². The fraction of sp³-hybridized carbons (Fsp3) is 0.184. The number of hydrogen-bond acceptors (Lipinski definition) is 10. The largest absolute Gasteiger partial charge is 0.494 e. The average molecular weight is 825 g/mol. The molecule has 1 heterocycles. The van der Waals surface area contributed by atoms with Crippen LogP contribution in [0.4, 0.5) is 0 Å². The first-order valence-corrected chi connectivity index (χ1v) is 19.8. The fourth-order valence-corrected chi connectivity index (χ4v) is 7.02. The van der Waals surface area contributed by atoms with Crippen molar-refractivity contribution in [3.05, 3.63) is 208 Å². The minimum Gasteiger partial charge on any atom is -0.494 e. The summed E-state index contributed by atoms with van der Waals surface area (Å²) >= 11 is 6.81. The standard InChI is InChI=1S/C49H41ClO10/c1-2-55-39-26-23-32(24-27-39)29-38-30-37(25-28-40(38)50)42-44(59-48(53)35-19-11-5-12-20-35)45(60-49(54)36-21-13-6-14-22-36)43(58-47(52)34-17-9-4-10-18-34)41(57-42)31-56-46(51)33-15-7-3-8-16-33/h3-28,30,41-45H,2,29,31H2,1H3/t41-,42+,43-,44+,45+/m1/s1. The quantitative estimate of drug-likeness (QED) is 0.0776. The lowest BCUT2D eigenvalue weighted by molar-refractivity contribution is -0.231. The summed E-state index contributed by atoms with van der Waals surface area (Å²) in [6, 6.07) is 46.0. The van der Waals surface area contributed by atoms with Gasteiger partial charge in [0, 0.05) is 5.02 Å². The van der Waals surface area contributed by atoms with Crippen LogP contribution in [0.15, 0.2) is 164 Å². The molecule has 6 aromatic rings. The molecule has 0 spiro atoms. The Bertz CT molecular complexity index is 2370. The van der Waals surface area contributed by atoms with Crippen LogP contribution in [-0.4, -0.2) is 61.5 Å². The van der Waals surface area contributed by atoms with Crippen molar-refractivity contribution in [2.75, 3.05) is 13.2 Å². The van der Waals surface area contributed by atoms with Crippen molar-refractivity contribution in [1.29, 1.82) is 0 Å². The molecule has 7 rings (SSSR count). The highest BCUT2D eigenvalue weighted by atomic mass is 35.5. The first-order chi connectivity index (χ1) is 29.3. The molecule has 1 fully saturated rings. The van der Waals surface area contributed by atoms with Crippen LogP contribution >= 0.6 is 11.6 Å². The summed E-state index contributed by atoms with van der Waals surface area (Å²) in [5, 5.41) is 0.469. The Morgan fingerprint density at radius 2 is 1.02 bits per heavy atom. The van der Waals surface area contributed by atoms with Gasteiger partial charge in [-0.1, -0.05) is 109 Å². The van der Waals surface area contributed by atoms with Gasteiger partial charge >= 0.3 is 23.9 Å². The zero-order valence-electron chi connectivity index (χ0n) is 32.6. The van der Waals surface area contributed by atoms with E-state index in [-0.39, 0.29) is 22.3 Å². The van der Waals surface area contributed by atoms with Gasteiger partial charge in [-0.2, -0.15) is 0 Å². The van der Waals surface area contributed by atoms with Gasteiger partial charge in [-0.3, -0.25) is 0 Å². The van der Waals surface area contributed by atoms with Crippen LogP contribution in [0.2, 0.25) is 5.02 Å². The molecular weight excluding hydrogens is 784 g/mol. The van der Waals surface area contributed by atoms with Gasteiger partial charge in [-0.25, -0.2) is 19.2 Å². The van der Waals surface area contributed by atoms with Crippen molar-refractivity contribution in [1.82, 2.24) is 0 Å². The van der Waals surface area contributed by atoms with Crippen LogP contribution in [-0.2, 0) is 30.1 Å². The molecule has 6 aromatic carbocycles. The molecule has 0 bridgehead atoms. The number of carbonyl (C=O) groups excluding carboxylic acids is 4. The van der Waals surface area contributed by atoms with Crippen molar-refractivity contribution < 1.29 is 47.6 Å². The van der Waals surface area contributed by atoms with Crippen molar-refractivity contribution in [3.8, 4) is 5.75 Å². The Morgan fingerprint density at radius 3 is 1.52 bits per heavy atom. The predicted molar refractivity (Wildman–Crippen MR) is 223 cm³/mol. The molecule has 1 saturated heterocycles. The number of benzene rings is 6. The van der Waals surface area contributed by atoms with E-state index in [0.29, 0.717) is 23.6 Å². The van der Waals surface area contributed by atoms with Gasteiger partial charge in [0.15, 0.2) is 18.3 Å². The molecule has 0 radical (unpaired) electrons. The number of carbonyl (C=O) groups is 4. The monoisotopic (exact) mass is 824 g/mol. The van der Waals surface area contributed by atoms with E-state index in [2.05, 4.69) is 0 Å². The third kappa shape index (κ3) is 10.3. The van der Waals surface area contributed by atoms with E-state index in [9.17, 15) is 19.2 Å². The maximum atomic E-state index is 14.0. The van der Waals surface area contributed by atoms with Crippen LogP contribution in [0, 0.1) is 0 Å². The Labute approximate surface area is 352 Å². The van der Waals surface area contributed by atoms with Crippen molar-refractivity contribution in [2.45, 2.75) is 43.9 Å². The topological polar surface area (TPSA) is 124 Å². The van der Waals surface area contributed by atoms with Crippen LogP contribution in [0.3, 0.4) is 0 Å². The lowest BCUT2D eigenvalue weighted by atomic mass is 9.89. The van der Waals surface area contributed by atoms with E-state index in [0.717, 1.165) is 16.9 Å². The molecule has 5 atom stereocenters. The second-order valence-electron chi connectivity index (χ2n) is 13.9.